The molecule has 0 bridgehead atoms. The number of nitrogens with one attached hydrogen (secondary N) is 1. The fourth-order valence-corrected chi connectivity index (χ4v) is 3.19. The summed E-state index contributed by atoms with van der Waals surface area (Å²) in [5, 5.41) is 2.58. The van der Waals surface area contributed by atoms with Crippen molar-refractivity contribution in [1.82, 2.24) is 0 Å². The smallest absolute Gasteiger partial charge is 0.416 e. The molecule has 1 amide bonds. The van der Waals surface area contributed by atoms with Crippen LogP contribution in [0, 0.1) is 5.92 Å². The molecule has 1 fully saturated rings. The molecular formula is C19H26F3NO3. The van der Waals surface area contributed by atoms with Crippen LogP contribution in [0.15, 0.2) is 18.2 Å². The van der Waals surface area contributed by atoms with Gasteiger partial charge in [0.1, 0.15) is 12.4 Å². The standard InChI is InChI=1S/C19H26F3NO3/c1-25-11-12-26-17-9-8-15(19(20,21)22)13-16(17)23-18(24)10-7-14-5-3-2-4-6-14/h8-9,13-14H,2-7,10-12H2,1H3,(H,23,24). The van der Waals surface area contributed by atoms with Gasteiger partial charge in [-0.05, 0) is 30.5 Å². The first kappa shape index (κ1) is 20.6. The van der Waals surface area contributed by atoms with Crippen LogP contribution in [-0.4, -0.2) is 26.2 Å². The number of benzene rings is 1. The van der Waals surface area contributed by atoms with E-state index in [4.69, 9.17) is 9.47 Å². The van der Waals surface area contributed by atoms with Crippen LogP contribution in [-0.2, 0) is 15.7 Å². The molecule has 1 N–H and O–H groups in total. The number of ether oxygens (including phenoxy) is 2. The molecule has 0 aromatic heterocycles. The molecule has 146 valence electrons. The van der Waals surface area contributed by atoms with Crippen LogP contribution in [0.5, 0.6) is 5.75 Å². The molecule has 0 aliphatic heterocycles. The Kier molecular flexibility index (Phi) is 7.75. The summed E-state index contributed by atoms with van der Waals surface area (Å²) in [5.41, 5.74) is -0.774. The Hall–Kier alpha value is -1.76. The molecule has 26 heavy (non-hydrogen) atoms. The maximum absolute atomic E-state index is 13.0. The lowest BCUT2D eigenvalue weighted by atomic mass is 9.86. The molecule has 0 unspecified atom stereocenters. The summed E-state index contributed by atoms with van der Waals surface area (Å²) in [6.45, 7) is 0.489. The maximum Gasteiger partial charge on any atom is 0.416 e. The highest BCUT2D eigenvalue weighted by molar-refractivity contribution is 5.92. The molecule has 7 heteroatoms. The highest BCUT2D eigenvalue weighted by Crippen LogP contribution is 2.35. The van der Waals surface area contributed by atoms with Gasteiger partial charge in [-0.15, -0.1) is 0 Å². The zero-order valence-corrected chi connectivity index (χ0v) is 15.0. The zero-order valence-electron chi connectivity index (χ0n) is 15.0. The van der Waals surface area contributed by atoms with E-state index in [1.165, 1.54) is 32.4 Å². The van der Waals surface area contributed by atoms with E-state index in [1.807, 2.05) is 0 Å². The molecule has 2 rings (SSSR count). The number of amides is 1. The van der Waals surface area contributed by atoms with Crippen LogP contribution >= 0.6 is 0 Å². The van der Waals surface area contributed by atoms with Crippen molar-refractivity contribution in [3.8, 4) is 5.75 Å². The molecule has 1 aromatic rings. The minimum Gasteiger partial charge on any atom is -0.489 e. The van der Waals surface area contributed by atoms with Gasteiger partial charge in [0.15, 0.2) is 0 Å². The molecule has 0 atom stereocenters. The Morgan fingerprint density at radius 1 is 1.19 bits per heavy atom. The number of carbonyl (C=O) groups excluding carboxylic acids is 1. The highest BCUT2D eigenvalue weighted by Gasteiger charge is 2.31. The van der Waals surface area contributed by atoms with Gasteiger partial charge < -0.3 is 14.8 Å². The van der Waals surface area contributed by atoms with E-state index in [2.05, 4.69) is 5.32 Å². The lowest BCUT2D eigenvalue weighted by Gasteiger charge is -2.21. The quantitative estimate of drug-likeness (QED) is 0.650. The van der Waals surface area contributed by atoms with E-state index in [0.29, 0.717) is 18.9 Å². The predicted octanol–water partition coefficient (Wildman–Crippen LogP) is 5.03. The van der Waals surface area contributed by atoms with Gasteiger partial charge in [0.25, 0.3) is 0 Å². The van der Waals surface area contributed by atoms with E-state index in [-0.39, 0.29) is 24.0 Å². The summed E-state index contributed by atoms with van der Waals surface area (Å²) < 4.78 is 49.2. The molecule has 0 saturated heterocycles. The molecule has 0 spiro atoms. The fourth-order valence-electron chi connectivity index (χ4n) is 3.19. The number of methoxy groups -OCH3 is 1. The first-order valence-electron chi connectivity index (χ1n) is 9.03. The fraction of sp³-hybridized carbons (Fsp3) is 0.632. The predicted molar refractivity (Wildman–Crippen MR) is 93.3 cm³/mol. The molecule has 4 nitrogen and oxygen atoms in total. The maximum atomic E-state index is 13.0. The van der Waals surface area contributed by atoms with E-state index in [9.17, 15) is 18.0 Å². The van der Waals surface area contributed by atoms with Crippen LogP contribution in [0.25, 0.3) is 0 Å². The average Bonchev–Trinajstić information content (AvgIpc) is 2.61. The zero-order chi connectivity index (χ0) is 19.0. The summed E-state index contributed by atoms with van der Waals surface area (Å²) in [6, 6.07) is 3.09. The van der Waals surface area contributed by atoms with Gasteiger partial charge in [0.2, 0.25) is 5.91 Å². The third-order valence-corrected chi connectivity index (χ3v) is 4.63. The summed E-state index contributed by atoms with van der Waals surface area (Å²) in [5.74, 6) is 0.459. The largest absolute Gasteiger partial charge is 0.489 e. The van der Waals surface area contributed by atoms with Gasteiger partial charge in [-0.1, -0.05) is 32.1 Å². The van der Waals surface area contributed by atoms with Gasteiger partial charge in [-0.2, -0.15) is 13.2 Å². The van der Waals surface area contributed by atoms with Gasteiger partial charge in [0, 0.05) is 13.5 Å². The Morgan fingerprint density at radius 2 is 1.92 bits per heavy atom. The third-order valence-electron chi connectivity index (χ3n) is 4.63. The number of carbonyl (C=O) groups is 1. The third kappa shape index (κ3) is 6.52. The minimum absolute atomic E-state index is 0.0459. The number of hydrogen-bond donors (Lipinski definition) is 1. The van der Waals surface area contributed by atoms with Crippen molar-refractivity contribution in [2.45, 2.75) is 51.1 Å². The molecule has 1 aliphatic carbocycles. The van der Waals surface area contributed by atoms with Gasteiger partial charge in [0.05, 0.1) is 17.9 Å². The van der Waals surface area contributed by atoms with Crippen molar-refractivity contribution in [2.75, 3.05) is 25.6 Å². The topological polar surface area (TPSA) is 47.6 Å². The monoisotopic (exact) mass is 373 g/mol. The van der Waals surface area contributed by atoms with E-state index < -0.39 is 11.7 Å². The number of hydrogen-bond acceptors (Lipinski definition) is 3. The van der Waals surface area contributed by atoms with Crippen LogP contribution in [0.1, 0.15) is 50.5 Å². The average molecular weight is 373 g/mol. The van der Waals surface area contributed by atoms with E-state index in [0.717, 1.165) is 31.4 Å². The normalized spacial score (nSPS) is 15.7. The summed E-state index contributed by atoms with van der Waals surface area (Å²) in [7, 11) is 1.50. The molecule has 0 heterocycles. The van der Waals surface area contributed by atoms with Crippen LogP contribution in [0.4, 0.5) is 18.9 Å². The minimum atomic E-state index is -4.48. The summed E-state index contributed by atoms with van der Waals surface area (Å²) in [4.78, 5) is 12.2. The second kappa shape index (κ2) is 9.80. The highest BCUT2D eigenvalue weighted by atomic mass is 19.4. The molecular weight excluding hydrogens is 347 g/mol. The molecule has 1 saturated carbocycles. The Morgan fingerprint density at radius 3 is 2.58 bits per heavy atom. The second-order valence-electron chi connectivity index (χ2n) is 6.64. The Balaban J connectivity index is 2.01. The number of alkyl halides is 3. The summed E-state index contributed by atoms with van der Waals surface area (Å²) >= 11 is 0. The van der Waals surface area contributed by atoms with Crippen molar-refractivity contribution < 1.29 is 27.4 Å². The lowest BCUT2D eigenvalue weighted by Crippen LogP contribution is -2.17. The Labute approximate surface area is 152 Å². The SMILES string of the molecule is COCCOc1ccc(C(F)(F)F)cc1NC(=O)CCC1CCCCC1. The van der Waals surface area contributed by atoms with Crippen molar-refractivity contribution in [3.05, 3.63) is 23.8 Å². The van der Waals surface area contributed by atoms with Crippen molar-refractivity contribution in [3.63, 3.8) is 0 Å². The van der Waals surface area contributed by atoms with Crippen molar-refractivity contribution in [1.29, 1.82) is 0 Å². The second-order valence-corrected chi connectivity index (χ2v) is 6.64. The first-order valence-corrected chi connectivity index (χ1v) is 9.03. The van der Waals surface area contributed by atoms with Gasteiger partial charge in [-0.25, -0.2) is 0 Å². The Bertz CT molecular complexity index is 584. The molecule has 0 radical (unpaired) electrons. The van der Waals surface area contributed by atoms with Crippen LogP contribution in [0.3, 0.4) is 0 Å². The molecule has 1 aromatic carbocycles. The van der Waals surface area contributed by atoms with Gasteiger partial charge >= 0.3 is 6.18 Å². The summed E-state index contributed by atoms with van der Waals surface area (Å²) in [6.07, 6.45) is 2.48. The first-order chi connectivity index (χ1) is 12.4. The number of halogens is 3. The van der Waals surface area contributed by atoms with E-state index in [1.54, 1.807) is 0 Å². The molecule has 1 aliphatic rings. The number of rotatable bonds is 8. The van der Waals surface area contributed by atoms with E-state index >= 15 is 0 Å². The number of anilines is 1. The van der Waals surface area contributed by atoms with Crippen molar-refractivity contribution in [2.24, 2.45) is 5.92 Å². The lowest BCUT2D eigenvalue weighted by molar-refractivity contribution is -0.137. The van der Waals surface area contributed by atoms with Crippen molar-refractivity contribution >= 4 is 11.6 Å². The van der Waals surface area contributed by atoms with Gasteiger partial charge in [-0.3, -0.25) is 4.79 Å². The van der Waals surface area contributed by atoms with Crippen LogP contribution in [0.2, 0.25) is 0 Å². The van der Waals surface area contributed by atoms with Crippen LogP contribution < -0.4 is 10.1 Å².